The van der Waals surface area contributed by atoms with Crippen LogP contribution in [0, 0.1) is 13.8 Å². The number of carbonyl (C=O) groups is 1. The normalized spacial score (nSPS) is 20.1. The molecule has 0 bridgehead atoms. The molecule has 1 aromatic carbocycles. The van der Waals surface area contributed by atoms with E-state index in [4.69, 9.17) is 9.47 Å². The zero-order valence-electron chi connectivity index (χ0n) is 20.9. The van der Waals surface area contributed by atoms with Crippen molar-refractivity contribution in [3.8, 4) is 0 Å². The lowest BCUT2D eigenvalue weighted by Gasteiger charge is -2.29. The molecular formula is C29H40O4. The molecule has 4 heteroatoms. The first-order chi connectivity index (χ1) is 15.8. The minimum Gasteiger partial charge on any atom is -0.481 e. The maximum atomic E-state index is 11.2. The van der Waals surface area contributed by atoms with Crippen molar-refractivity contribution in [2.45, 2.75) is 71.8 Å². The van der Waals surface area contributed by atoms with Gasteiger partial charge in [-0.15, -0.1) is 0 Å². The molecule has 0 aromatic heterocycles. The number of allylic oxidation sites excluding steroid dienone is 6. The van der Waals surface area contributed by atoms with Gasteiger partial charge in [0.1, 0.15) is 0 Å². The maximum absolute atomic E-state index is 11.2. The minimum atomic E-state index is -0.847. The Morgan fingerprint density at radius 1 is 1.15 bits per heavy atom. The highest BCUT2D eigenvalue weighted by Gasteiger charge is 2.24. The van der Waals surface area contributed by atoms with E-state index in [1.54, 1.807) is 13.2 Å². The molecular weight excluding hydrogens is 412 g/mol. The zero-order valence-corrected chi connectivity index (χ0v) is 20.9. The Bertz CT molecular complexity index is 889. The van der Waals surface area contributed by atoms with Crippen molar-refractivity contribution in [2.24, 2.45) is 0 Å². The Hall–Kier alpha value is -2.43. The molecule has 0 amide bonds. The van der Waals surface area contributed by atoms with Crippen LogP contribution in [0.1, 0.15) is 74.1 Å². The van der Waals surface area contributed by atoms with E-state index in [1.807, 2.05) is 19.9 Å². The van der Waals surface area contributed by atoms with E-state index >= 15 is 0 Å². The topological polar surface area (TPSA) is 55.8 Å². The summed E-state index contributed by atoms with van der Waals surface area (Å²) < 4.78 is 11.0. The number of rotatable bonds is 11. The molecule has 0 aliphatic heterocycles. The summed E-state index contributed by atoms with van der Waals surface area (Å²) in [7, 11) is 1.71. The predicted octanol–water partition coefficient (Wildman–Crippen LogP) is 6.93. The van der Waals surface area contributed by atoms with Crippen LogP contribution in [0.5, 0.6) is 0 Å². The maximum Gasteiger partial charge on any atom is 0.307 e. The first-order valence-corrected chi connectivity index (χ1v) is 11.9. The van der Waals surface area contributed by atoms with Crippen LogP contribution in [0.3, 0.4) is 0 Å². The van der Waals surface area contributed by atoms with Gasteiger partial charge >= 0.3 is 5.97 Å². The Morgan fingerprint density at radius 2 is 1.79 bits per heavy atom. The fourth-order valence-corrected chi connectivity index (χ4v) is 4.79. The molecule has 1 aromatic rings. The molecule has 4 nitrogen and oxygen atoms in total. The van der Waals surface area contributed by atoms with Crippen LogP contribution in [-0.2, 0) is 14.3 Å². The summed E-state index contributed by atoms with van der Waals surface area (Å²) in [5, 5.41) is 9.20. The first-order valence-electron chi connectivity index (χ1n) is 11.9. The number of carboxylic acid groups (broad SMARTS) is 1. The molecule has 2 rings (SSSR count). The molecule has 0 saturated heterocycles. The quantitative estimate of drug-likeness (QED) is 0.292. The molecule has 0 atom stereocenters. The first kappa shape index (κ1) is 26.8. The van der Waals surface area contributed by atoms with Gasteiger partial charge in [-0.1, -0.05) is 43.0 Å². The van der Waals surface area contributed by atoms with E-state index in [-0.39, 0.29) is 6.42 Å². The average molecular weight is 453 g/mol. The molecule has 0 spiro atoms. The van der Waals surface area contributed by atoms with Crippen molar-refractivity contribution in [3.05, 3.63) is 76.4 Å². The molecule has 0 radical (unpaired) electrons. The lowest BCUT2D eigenvalue weighted by molar-refractivity contribution is -0.136. The van der Waals surface area contributed by atoms with Gasteiger partial charge in [0.15, 0.2) is 0 Å². The van der Waals surface area contributed by atoms with Crippen LogP contribution < -0.4 is 0 Å². The van der Waals surface area contributed by atoms with Gasteiger partial charge in [0.25, 0.3) is 0 Å². The van der Waals surface area contributed by atoms with Crippen molar-refractivity contribution in [1.29, 1.82) is 0 Å². The van der Waals surface area contributed by atoms with Crippen molar-refractivity contribution in [3.63, 3.8) is 0 Å². The van der Waals surface area contributed by atoms with Crippen molar-refractivity contribution in [1.82, 2.24) is 0 Å². The summed E-state index contributed by atoms with van der Waals surface area (Å²) >= 11 is 0. The van der Waals surface area contributed by atoms with Gasteiger partial charge in [0, 0.05) is 7.11 Å². The van der Waals surface area contributed by atoms with Gasteiger partial charge in [-0.2, -0.15) is 0 Å². The van der Waals surface area contributed by atoms with Crippen molar-refractivity contribution < 1.29 is 19.4 Å². The van der Waals surface area contributed by atoms with Gasteiger partial charge in [-0.05, 0) is 98.3 Å². The predicted molar refractivity (Wildman–Crippen MR) is 137 cm³/mol. The van der Waals surface area contributed by atoms with Crippen LogP contribution in [0.2, 0.25) is 0 Å². The minimum absolute atomic E-state index is 0.0241. The van der Waals surface area contributed by atoms with Crippen molar-refractivity contribution in [2.75, 3.05) is 20.3 Å². The number of benzene rings is 1. The van der Waals surface area contributed by atoms with Crippen LogP contribution in [-0.4, -0.2) is 37.5 Å². The standard InChI is InChI=1S/C29H40O4/c1-7-9-25(16-20(3)23(8-2)19-28(30)31)29-21(4)17-26(18-22(29)5)24-10-12-27(13-11-24)33-15-14-32-6/h7-9,16-18,24,27H,2,10-15,19H2,1,3-6H3,(H,30,31)/b9-7-,23-20-,25-16+. The summed E-state index contributed by atoms with van der Waals surface area (Å²) in [6.07, 6.45) is 12.7. The second kappa shape index (κ2) is 13.3. The van der Waals surface area contributed by atoms with E-state index in [0.29, 0.717) is 25.2 Å². The number of hydrogen-bond donors (Lipinski definition) is 1. The van der Waals surface area contributed by atoms with Gasteiger partial charge in [0.2, 0.25) is 0 Å². The number of aliphatic carboxylic acids is 1. The highest BCUT2D eigenvalue weighted by Crippen LogP contribution is 2.37. The Balaban J connectivity index is 2.28. The summed E-state index contributed by atoms with van der Waals surface area (Å²) in [4.78, 5) is 11.2. The summed E-state index contributed by atoms with van der Waals surface area (Å²) in [5.41, 5.74) is 7.88. The zero-order chi connectivity index (χ0) is 24.4. The van der Waals surface area contributed by atoms with Crippen molar-refractivity contribution >= 4 is 11.5 Å². The molecule has 1 fully saturated rings. The van der Waals surface area contributed by atoms with E-state index in [0.717, 1.165) is 42.4 Å². The molecule has 1 aliphatic rings. The number of carboxylic acids is 1. The number of methoxy groups -OCH3 is 1. The monoisotopic (exact) mass is 452 g/mol. The third-order valence-electron chi connectivity index (χ3n) is 6.44. The van der Waals surface area contributed by atoms with E-state index < -0.39 is 5.97 Å². The fourth-order valence-electron chi connectivity index (χ4n) is 4.79. The molecule has 33 heavy (non-hydrogen) atoms. The molecule has 0 heterocycles. The average Bonchev–Trinajstić information content (AvgIpc) is 2.77. The second-order valence-corrected chi connectivity index (χ2v) is 8.95. The molecule has 0 unspecified atom stereocenters. The Labute approximate surface area is 199 Å². The summed E-state index contributed by atoms with van der Waals surface area (Å²) in [6, 6.07) is 4.67. The van der Waals surface area contributed by atoms with Gasteiger partial charge in [-0.3, -0.25) is 4.79 Å². The molecule has 1 N–H and O–H groups in total. The van der Waals surface area contributed by atoms with E-state index in [1.165, 1.54) is 22.3 Å². The van der Waals surface area contributed by atoms with Crippen LogP contribution in [0.4, 0.5) is 0 Å². The van der Waals surface area contributed by atoms with Gasteiger partial charge in [-0.25, -0.2) is 0 Å². The summed E-state index contributed by atoms with van der Waals surface area (Å²) in [5.74, 6) is -0.279. The largest absolute Gasteiger partial charge is 0.481 e. The van der Waals surface area contributed by atoms with E-state index in [9.17, 15) is 9.90 Å². The lowest BCUT2D eigenvalue weighted by atomic mass is 9.80. The SMILES string of the molecule is C=C/C(CC(=O)O)=C(C)/C=C(\C=C/C)c1c(C)cc(C2CCC(OCCOC)CC2)cc1C. The smallest absolute Gasteiger partial charge is 0.307 e. The number of hydrogen-bond acceptors (Lipinski definition) is 3. The third kappa shape index (κ3) is 7.83. The van der Waals surface area contributed by atoms with Crippen LogP contribution in [0.25, 0.3) is 5.57 Å². The second-order valence-electron chi connectivity index (χ2n) is 8.95. The highest BCUT2D eigenvalue weighted by atomic mass is 16.5. The lowest BCUT2D eigenvalue weighted by Crippen LogP contribution is -2.22. The van der Waals surface area contributed by atoms with Crippen LogP contribution in [0.15, 0.2) is 54.2 Å². The van der Waals surface area contributed by atoms with Gasteiger partial charge in [0.05, 0.1) is 25.7 Å². The van der Waals surface area contributed by atoms with E-state index in [2.05, 4.69) is 44.7 Å². The molecule has 1 saturated carbocycles. The Morgan fingerprint density at radius 3 is 2.30 bits per heavy atom. The Kier molecular flexibility index (Phi) is 10.8. The third-order valence-corrected chi connectivity index (χ3v) is 6.44. The molecule has 180 valence electrons. The highest BCUT2D eigenvalue weighted by molar-refractivity contribution is 5.80. The molecule has 1 aliphatic carbocycles. The fraction of sp³-hybridized carbons (Fsp3) is 0.483. The van der Waals surface area contributed by atoms with Crippen LogP contribution >= 0.6 is 0 Å². The van der Waals surface area contributed by atoms with Gasteiger partial charge < -0.3 is 14.6 Å². The number of aryl methyl sites for hydroxylation is 2. The number of ether oxygens (including phenoxy) is 2. The summed E-state index contributed by atoms with van der Waals surface area (Å²) in [6.45, 7) is 13.4.